The minimum Gasteiger partial charge on any atom is -0.255 e. The van der Waals surface area contributed by atoms with Gasteiger partial charge in [-0.3, -0.25) is 5.73 Å². The van der Waals surface area contributed by atoms with Crippen molar-refractivity contribution >= 4 is 0 Å². The number of hydrogen-bond donors (Lipinski definition) is 0. The van der Waals surface area contributed by atoms with Gasteiger partial charge in [-0.1, -0.05) is 20.8 Å². The molecule has 10 heavy (non-hydrogen) atoms. The SMILES string of the molecule is CC(C)(C)C1CCC([NH])C1. The average Bonchev–Trinajstić information content (AvgIpc) is 2.11. The Hall–Kier alpha value is -0.0400. The topological polar surface area (TPSA) is 23.8 Å². The van der Waals surface area contributed by atoms with E-state index in [1.54, 1.807) is 0 Å². The van der Waals surface area contributed by atoms with Crippen LogP contribution in [0.3, 0.4) is 0 Å². The first-order chi connectivity index (χ1) is 4.50. The zero-order valence-corrected chi connectivity index (χ0v) is 7.28. The second-order valence-electron chi connectivity index (χ2n) is 4.57. The van der Waals surface area contributed by atoms with E-state index in [9.17, 15) is 0 Å². The van der Waals surface area contributed by atoms with Crippen molar-refractivity contribution in [3.63, 3.8) is 0 Å². The molecule has 2 atom stereocenters. The standard InChI is InChI=1S/C9H18N/c1-9(2,3)7-4-5-8(10)6-7/h7-8,10H,4-6H2,1-3H3. The van der Waals surface area contributed by atoms with Crippen LogP contribution in [-0.4, -0.2) is 6.04 Å². The van der Waals surface area contributed by atoms with Gasteiger partial charge in [0.25, 0.3) is 0 Å². The monoisotopic (exact) mass is 140 g/mol. The minimum absolute atomic E-state index is 0.240. The maximum atomic E-state index is 7.54. The Morgan fingerprint density at radius 3 is 2.00 bits per heavy atom. The normalized spacial score (nSPS) is 34.8. The van der Waals surface area contributed by atoms with E-state index in [1.165, 1.54) is 6.42 Å². The van der Waals surface area contributed by atoms with E-state index in [4.69, 9.17) is 5.73 Å². The zero-order valence-electron chi connectivity index (χ0n) is 7.28. The van der Waals surface area contributed by atoms with Gasteiger partial charge in [-0.2, -0.15) is 0 Å². The van der Waals surface area contributed by atoms with Gasteiger partial charge in [-0.25, -0.2) is 0 Å². The molecular formula is C9H18N. The summed E-state index contributed by atoms with van der Waals surface area (Å²) in [6.07, 6.45) is 3.53. The Kier molecular flexibility index (Phi) is 2.04. The van der Waals surface area contributed by atoms with Gasteiger partial charge in [-0.15, -0.1) is 0 Å². The summed E-state index contributed by atoms with van der Waals surface area (Å²) in [5, 5.41) is 0. The first-order valence-electron chi connectivity index (χ1n) is 4.21. The molecule has 0 aromatic carbocycles. The van der Waals surface area contributed by atoms with Gasteiger partial charge in [-0.05, 0) is 30.6 Å². The lowest BCUT2D eigenvalue weighted by molar-refractivity contribution is 0.244. The molecule has 1 rings (SSSR count). The first kappa shape index (κ1) is 8.06. The van der Waals surface area contributed by atoms with E-state index in [0.29, 0.717) is 5.41 Å². The second kappa shape index (κ2) is 2.54. The highest BCUT2D eigenvalue weighted by Gasteiger charge is 2.31. The Morgan fingerprint density at radius 2 is 1.80 bits per heavy atom. The highest BCUT2D eigenvalue weighted by molar-refractivity contribution is 4.84. The second-order valence-corrected chi connectivity index (χ2v) is 4.57. The van der Waals surface area contributed by atoms with Crippen LogP contribution in [0, 0.1) is 11.3 Å². The molecule has 1 fully saturated rings. The maximum Gasteiger partial charge on any atom is 0.0216 e. The summed E-state index contributed by atoms with van der Waals surface area (Å²) < 4.78 is 0. The molecule has 1 saturated carbocycles. The lowest BCUT2D eigenvalue weighted by atomic mass is 9.80. The number of hydrogen-bond acceptors (Lipinski definition) is 0. The molecule has 0 saturated heterocycles. The van der Waals surface area contributed by atoms with Crippen molar-refractivity contribution in [3.05, 3.63) is 0 Å². The summed E-state index contributed by atoms with van der Waals surface area (Å²) in [4.78, 5) is 0. The highest BCUT2D eigenvalue weighted by atomic mass is 14.7. The molecule has 1 N–H and O–H groups in total. The van der Waals surface area contributed by atoms with Crippen LogP contribution in [0.4, 0.5) is 0 Å². The molecule has 0 bridgehead atoms. The molecule has 1 radical (unpaired) electrons. The van der Waals surface area contributed by atoms with Crippen LogP contribution in [0.2, 0.25) is 0 Å². The smallest absolute Gasteiger partial charge is 0.0216 e. The molecule has 1 heteroatoms. The molecule has 1 aliphatic rings. The third-order valence-corrected chi connectivity index (χ3v) is 2.66. The first-order valence-corrected chi connectivity index (χ1v) is 4.21. The molecule has 59 valence electrons. The van der Waals surface area contributed by atoms with Crippen molar-refractivity contribution in [3.8, 4) is 0 Å². The van der Waals surface area contributed by atoms with Crippen molar-refractivity contribution in [1.29, 1.82) is 0 Å². The average molecular weight is 140 g/mol. The Balaban J connectivity index is 2.45. The van der Waals surface area contributed by atoms with Crippen LogP contribution in [0.25, 0.3) is 0 Å². The van der Waals surface area contributed by atoms with Crippen LogP contribution in [0.15, 0.2) is 0 Å². The molecular weight excluding hydrogens is 122 g/mol. The highest BCUT2D eigenvalue weighted by Crippen LogP contribution is 2.38. The number of nitrogens with one attached hydrogen (secondary N) is 1. The predicted octanol–water partition coefficient (Wildman–Crippen LogP) is 2.48. The van der Waals surface area contributed by atoms with Crippen molar-refractivity contribution in [2.24, 2.45) is 11.3 Å². The van der Waals surface area contributed by atoms with Crippen LogP contribution in [0.5, 0.6) is 0 Å². The van der Waals surface area contributed by atoms with Gasteiger partial charge in [0.1, 0.15) is 0 Å². The molecule has 1 nitrogen and oxygen atoms in total. The molecule has 0 heterocycles. The maximum absolute atomic E-state index is 7.54. The summed E-state index contributed by atoms with van der Waals surface area (Å²) >= 11 is 0. The van der Waals surface area contributed by atoms with Gasteiger partial charge in [0.2, 0.25) is 0 Å². The Bertz CT molecular complexity index is 112. The van der Waals surface area contributed by atoms with Crippen molar-refractivity contribution < 1.29 is 0 Å². The lowest BCUT2D eigenvalue weighted by Gasteiger charge is -2.26. The van der Waals surface area contributed by atoms with Crippen molar-refractivity contribution in [2.75, 3.05) is 0 Å². The quantitative estimate of drug-likeness (QED) is 0.493. The fraction of sp³-hybridized carbons (Fsp3) is 1.00. The van der Waals surface area contributed by atoms with Gasteiger partial charge < -0.3 is 0 Å². The van der Waals surface area contributed by atoms with E-state index in [-0.39, 0.29) is 6.04 Å². The minimum atomic E-state index is 0.240. The predicted molar refractivity (Wildman–Crippen MR) is 43.7 cm³/mol. The van der Waals surface area contributed by atoms with E-state index in [1.807, 2.05) is 0 Å². The summed E-state index contributed by atoms with van der Waals surface area (Å²) in [5.41, 5.74) is 7.98. The third kappa shape index (κ3) is 1.72. The molecule has 1 aliphatic carbocycles. The van der Waals surface area contributed by atoms with Crippen LogP contribution >= 0.6 is 0 Å². The summed E-state index contributed by atoms with van der Waals surface area (Å²) in [5.74, 6) is 0.801. The Labute approximate surface area is 64.0 Å². The van der Waals surface area contributed by atoms with Crippen LogP contribution in [-0.2, 0) is 0 Å². The van der Waals surface area contributed by atoms with Gasteiger partial charge in [0.05, 0.1) is 0 Å². The van der Waals surface area contributed by atoms with Gasteiger partial charge in [0, 0.05) is 6.04 Å². The third-order valence-electron chi connectivity index (χ3n) is 2.66. The fourth-order valence-electron chi connectivity index (χ4n) is 1.77. The summed E-state index contributed by atoms with van der Waals surface area (Å²) in [6.45, 7) is 6.86. The largest absolute Gasteiger partial charge is 0.255 e. The van der Waals surface area contributed by atoms with E-state index in [2.05, 4.69) is 20.8 Å². The van der Waals surface area contributed by atoms with Crippen molar-refractivity contribution in [1.82, 2.24) is 5.73 Å². The lowest BCUT2D eigenvalue weighted by Crippen LogP contribution is -2.18. The van der Waals surface area contributed by atoms with Gasteiger partial charge in [0.15, 0.2) is 0 Å². The molecule has 0 aromatic heterocycles. The fourth-order valence-corrected chi connectivity index (χ4v) is 1.77. The summed E-state index contributed by atoms with van der Waals surface area (Å²) in [7, 11) is 0. The number of rotatable bonds is 0. The van der Waals surface area contributed by atoms with Gasteiger partial charge >= 0.3 is 0 Å². The Morgan fingerprint density at radius 1 is 1.20 bits per heavy atom. The van der Waals surface area contributed by atoms with E-state index < -0.39 is 0 Å². The molecule has 2 unspecified atom stereocenters. The molecule has 0 aliphatic heterocycles. The van der Waals surface area contributed by atoms with E-state index >= 15 is 0 Å². The zero-order chi connectivity index (χ0) is 7.78. The summed E-state index contributed by atoms with van der Waals surface area (Å²) in [6, 6.07) is 0.240. The van der Waals surface area contributed by atoms with E-state index in [0.717, 1.165) is 18.8 Å². The van der Waals surface area contributed by atoms with Crippen LogP contribution in [0.1, 0.15) is 40.0 Å². The molecule has 0 aromatic rings. The van der Waals surface area contributed by atoms with Crippen molar-refractivity contribution in [2.45, 2.75) is 46.1 Å². The molecule has 0 amide bonds. The van der Waals surface area contributed by atoms with Crippen LogP contribution < -0.4 is 5.73 Å². The molecule has 0 spiro atoms.